The van der Waals surface area contributed by atoms with Gasteiger partial charge in [-0.2, -0.15) is 0 Å². The maximum absolute atomic E-state index is 11.6. The zero-order chi connectivity index (χ0) is 12.1. The minimum absolute atomic E-state index is 0.0954. The van der Waals surface area contributed by atoms with Crippen LogP contribution >= 0.6 is 23.3 Å². The van der Waals surface area contributed by atoms with Gasteiger partial charge in [0.1, 0.15) is 0 Å². The van der Waals surface area contributed by atoms with E-state index in [2.05, 4.69) is 10.0 Å². The van der Waals surface area contributed by atoms with Gasteiger partial charge in [0.05, 0.1) is 9.75 Å². The molecule has 16 heavy (non-hydrogen) atoms. The molecule has 0 fully saturated rings. The smallest absolute Gasteiger partial charge is 0.271 e. The second-order valence-corrected chi connectivity index (χ2v) is 5.12. The van der Waals surface area contributed by atoms with Crippen LogP contribution in [0.2, 0.25) is 0 Å². The van der Waals surface area contributed by atoms with Crippen LogP contribution in [-0.4, -0.2) is 24.1 Å². The van der Waals surface area contributed by atoms with E-state index in [9.17, 15) is 9.59 Å². The highest BCUT2D eigenvalue weighted by molar-refractivity contribution is 7.97. The molecule has 0 atom stereocenters. The zero-order valence-corrected chi connectivity index (χ0v) is 11.0. The van der Waals surface area contributed by atoms with Gasteiger partial charge in [-0.1, -0.05) is 11.9 Å². The summed E-state index contributed by atoms with van der Waals surface area (Å²) in [5, 5.41) is 2.78. The van der Waals surface area contributed by atoms with E-state index in [1.807, 2.05) is 13.8 Å². The second kappa shape index (κ2) is 5.91. The summed E-state index contributed by atoms with van der Waals surface area (Å²) in [4.78, 5) is 24.2. The maximum Gasteiger partial charge on any atom is 0.271 e. The quantitative estimate of drug-likeness (QED) is 0.811. The topological polar surface area (TPSA) is 58.2 Å². The average Bonchev–Trinajstić information content (AvgIpc) is 2.65. The minimum Gasteiger partial charge on any atom is -0.349 e. The number of thiophene rings is 1. The minimum atomic E-state index is -0.166. The second-order valence-electron chi connectivity index (χ2n) is 3.43. The SMILES string of the molecule is CSNC(=O)c1ccc(C(=O)NC(C)C)s1. The van der Waals surface area contributed by atoms with Crippen LogP contribution in [0.5, 0.6) is 0 Å². The first kappa shape index (κ1) is 13.1. The highest BCUT2D eigenvalue weighted by atomic mass is 32.2. The van der Waals surface area contributed by atoms with Crippen molar-refractivity contribution in [3.8, 4) is 0 Å². The lowest BCUT2D eigenvalue weighted by molar-refractivity contribution is 0.0946. The Morgan fingerprint density at radius 2 is 1.81 bits per heavy atom. The number of rotatable bonds is 4. The summed E-state index contributed by atoms with van der Waals surface area (Å²) in [6, 6.07) is 3.42. The van der Waals surface area contributed by atoms with Gasteiger partial charge in [0.15, 0.2) is 0 Å². The molecule has 0 radical (unpaired) electrons. The van der Waals surface area contributed by atoms with Gasteiger partial charge in [0.25, 0.3) is 11.8 Å². The third-order valence-corrected chi connectivity index (χ3v) is 3.14. The predicted octanol–water partition coefficient (Wildman–Crippen LogP) is 1.89. The van der Waals surface area contributed by atoms with E-state index >= 15 is 0 Å². The van der Waals surface area contributed by atoms with E-state index in [0.717, 1.165) is 0 Å². The zero-order valence-electron chi connectivity index (χ0n) is 9.37. The fraction of sp³-hybridized carbons (Fsp3) is 0.400. The number of carbonyl (C=O) groups is 2. The van der Waals surface area contributed by atoms with Crippen LogP contribution in [0.25, 0.3) is 0 Å². The van der Waals surface area contributed by atoms with Crippen molar-refractivity contribution in [3.05, 3.63) is 21.9 Å². The highest BCUT2D eigenvalue weighted by Crippen LogP contribution is 2.16. The Bertz CT molecular complexity index is 388. The van der Waals surface area contributed by atoms with Crippen molar-refractivity contribution in [2.24, 2.45) is 0 Å². The van der Waals surface area contributed by atoms with Crippen LogP contribution < -0.4 is 10.0 Å². The van der Waals surface area contributed by atoms with Gasteiger partial charge in [0, 0.05) is 12.3 Å². The predicted molar refractivity (Wildman–Crippen MR) is 67.9 cm³/mol. The van der Waals surface area contributed by atoms with Crippen LogP contribution in [0, 0.1) is 0 Å². The van der Waals surface area contributed by atoms with Gasteiger partial charge in [0.2, 0.25) is 0 Å². The summed E-state index contributed by atoms with van der Waals surface area (Å²) < 4.78 is 2.61. The van der Waals surface area contributed by atoms with Crippen molar-refractivity contribution in [3.63, 3.8) is 0 Å². The summed E-state index contributed by atoms with van der Waals surface area (Å²) in [6.45, 7) is 3.79. The molecule has 0 saturated heterocycles. The summed E-state index contributed by atoms with van der Waals surface area (Å²) in [7, 11) is 0. The molecule has 0 aliphatic heterocycles. The van der Waals surface area contributed by atoms with Gasteiger partial charge < -0.3 is 5.32 Å². The van der Waals surface area contributed by atoms with Crippen molar-refractivity contribution in [2.45, 2.75) is 19.9 Å². The van der Waals surface area contributed by atoms with Crippen molar-refractivity contribution in [2.75, 3.05) is 6.26 Å². The molecule has 1 heterocycles. The molecule has 0 spiro atoms. The molecule has 2 amide bonds. The van der Waals surface area contributed by atoms with Crippen molar-refractivity contribution < 1.29 is 9.59 Å². The van der Waals surface area contributed by atoms with E-state index in [-0.39, 0.29) is 17.9 Å². The van der Waals surface area contributed by atoms with Crippen molar-refractivity contribution in [1.82, 2.24) is 10.0 Å². The summed E-state index contributed by atoms with van der Waals surface area (Å²) in [5.74, 6) is -0.302. The van der Waals surface area contributed by atoms with E-state index < -0.39 is 0 Å². The van der Waals surface area contributed by atoms with Crippen LogP contribution in [0.1, 0.15) is 33.2 Å². The third-order valence-electron chi connectivity index (χ3n) is 1.67. The Balaban J connectivity index is 2.71. The van der Waals surface area contributed by atoms with Gasteiger partial charge in [-0.05, 0) is 26.0 Å². The fourth-order valence-electron chi connectivity index (χ4n) is 1.06. The first-order valence-electron chi connectivity index (χ1n) is 4.78. The normalized spacial score (nSPS) is 10.2. The molecule has 88 valence electrons. The molecule has 0 saturated carbocycles. The van der Waals surface area contributed by atoms with Crippen molar-refractivity contribution in [1.29, 1.82) is 0 Å². The molecule has 4 nitrogen and oxygen atoms in total. The molecule has 2 N–H and O–H groups in total. The number of hydrogen-bond acceptors (Lipinski definition) is 4. The van der Waals surface area contributed by atoms with Crippen LogP contribution in [0.3, 0.4) is 0 Å². The monoisotopic (exact) mass is 258 g/mol. The average molecular weight is 258 g/mol. The molecule has 6 heteroatoms. The van der Waals surface area contributed by atoms with E-state index in [1.54, 1.807) is 18.4 Å². The lowest BCUT2D eigenvalue weighted by Gasteiger charge is -2.05. The van der Waals surface area contributed by atoms with Crippen molar-refractivity contribution >= 4 is 35.1 Å². The summed E-state index contributed by atoms with van der Waals surface area (Å²) in [6.07, 6.45) is 1.78. The third kappa shape index (κ3) is 3.53. The maximum atomic E-state index is 11.6. The van der Waals surface area contributed by atoms with Gasteiger partial charge in [-0.15, -0.1) is 11.3 Å². The summed E-state index contributed by atoms with van der Waals surface area (Å²) in [5.41, 5.74) is 0. The van der Waals surface area contributed by atoms with E-state index in [0.29, 0.717) is 9.75 Å². The number of amides is 2. The van der Waals surface area contributed by atoms with Gasteiger partial charge >= 0.3 is 0 Å². The molecule has 1 rings (SSSR count). The number of hydrogen-bond donors (Lipinski definition) is 2. The Hall–Kier alpha value is -1.01. The Morgan fingerprint density at radius 1 is 1.25 bits per heavy atom. The van der Waals surface area contributed by atoms with Gasteiger partial charge in [-0.25, -0.2) is 0 Å². The number of nitrogens with one attached hydrogen (secondary N) is 2. The molecule has 0 unspecified atom stereocenters. The lowest BCUT2D eigenvalue weighted by atomic mass is 10.3. The lowest BCUT2D eigenvalue weighted by Crippen LogP contribution is -2.29. The van der Waals surface area contributed by atoms with Crippen LogP contribution in [0.4, 0.5) is 0 Å². The molecule has 0 bridgehead atoms. The molecular formula is C10H14N2O2S2. The van der Waals surface area contributed by atoms with Crippen LogP contribution in [0.15, 0.2) is 12.1 Å². The molecule has 1 aromatic rings. The Morgan fingerprint density at radius 3 is 2.31 bits per heavy atom. The molecule has 0 aliphatic carbocycles. The first-order chi connectivity index (χ1) is 7.54. The first-order valence-corrected chi connectivity index (χ1v) is 6.82. The number of carbonyl (C=O) groups excluding carboxylic acids is 2. The van der Waals surface area contributed by atoms with Crippen LogP contribution in [-0.2, 0) is 0 Å². The van der Waals surface area contributed by atoms with Gasteiger partial charge in [-0.3, -0.25) is 14.3 Å². The Labute approximate surface area is 103 Å². The molecule has 0 aliphatic rings. The standard InChI is InChI=1S/C10H14N2O2S2/c1-6(2)11-9(13)7-4-5-8(16-7)10(14)12-15-3/h4-6H,1-3H3,(H,11,13)(H,12,14). The van der Waals surface area contributed by atoms with E-state index in [1.165, 1.54) is 23.3 Å². The molecule has 0 aromatic carbocycles. The molecule has 1 aromatic heterocycles. The van der Waals surface area contributed by atoms with E-state index in [4.69, 9.17) is 0 Å². The Kier molecular flexibility index (Phi) is 4.82. The fourth-order valence-corrected chi connectivity index (χ4v) is 2.22. The largest absolute Gasteiger partial charge is 0.349 e. The highest BCUT2D eigenvalue weighted by Gasteiger charge is 2.13. The molecular weight excluding hydrogens is 244 g/mol. The summed E-state index contributed by atoms with van der Waals surface area (Å²) >= 11 is 2.43.